The Morgan fingerprint density at radius 2 is 2.31 bits per heavy atom. The van der Waals surface area contributed by atoms with Crippen molar-refractivity contribution in [3.8, 4) is 0 Å². The Labute approximate surface area is 98.8 Å². The van der Waals surface area contributed by atoms with Gasteiger partial charge in [0, 0.05) is 11.3 Å². The summed E-state index contributed by atoms with van der Waals surface area (Å²) < 4.78 is 0. The molecular weight excluding hydrogens is 224 g/mol. The first-order chi connectivity index (χ1) is 7.69. The second-order valence-corrected chi connectivity index (χ2v) is 4.60. The van der Waals surface area contributed by atoms with E-state index in [9.17, 15) is 9.59 Å². The number of nitrogens with two attached hydrogens (primary N) is 1. The van der Waals surface area contributed by atoms with E-state index in [1.165, 1.54) is 11.3 Å². The Bertz CT molecular complexity index is 349. The molecule has 0 aliphatic rings. The summed E-state index contributed by atoms with van der Waals surface area (Å²) in [5.41, 5.74) is 2.05. The topological polar surface area (TPSA) is 72.2 Å². The first kappa shape index (κ1) is 12.9. The molecule has 1 atom stereocenters. The van der Waals surface area contributed by atoms with Gasteiger partial charge in [-0.3, -0.25) is 15.0 Å². The number of rotatable bonds is 6. The van der Waals surface area contributed by atoms with Crippen LogP contribution in [0.1, 0.15) is 24.6 Å². The first-order valence-electron chi connectivity index (χ1n) is 5.24. The average Bonchev–Trinajstić information content (AvgIpc) is 2.77. The zero-order valence-electron chi connectivity index (χ0n) is 9.23. The molecule has 1 rings (SSSR count). The Morgan fingerprint density at radius 3 is 2.81 bits per heavy atom. The fraction of sp³-hybridized carbons (Fsp3) is 0.455. The number of hydrazine groups is 1. The van der Waals surface area contributed by atoms with Gasteiger partial charge in [0.2, 0.25) is 5.91 Å². The van der Waals surface area contributed by atoms with Gasteiger partial charge in [-0.15, -0.1) is 11.3 Å². The molecule has 1 aromatic rings. The van der Waals surface area contributed by atoms with Crippen LogP contribution in [0.2, 0.25) is 0 Å². The van der Waals surface area contributed by atoms with E-state index in [1.807, 2.05) is 24.4 Å². The molecule has 0 saturated carbocycles. The minimum absolute atomic E-state index is 0.0627. The molecule has 0 fully saturated rings. The van der Waals surface area contributed by atoms with Gasteiger partial charge < -0.3 is 0 Å². The number of thiophene rings is 1. The lowest BCUT2D eigenvalue weighted by molar-refractivity contribution is -0.134. The quantitative estimate of drug-likeness (QED) is 0.340. The number of carbonyl (C=O) groups is 2. The highest BCUT2D eigenvalue weighted by Crippen LogP contribution is 2.15. The molecule has 88 valence electrons. The monoisotopic (exact) mass is 240 g/mol. The highest BCUT2D eigenvalue weighted by Gasteiger charge is 2.24. The van der Waals surface area contributed by atoms with E-state index in [0.717, 1.165) is 11.3 Å². The summed E-state index contributed by atoms with van der Waals surface area (Å²) in [4.78, 5) is 24.3. The molecule has 0 aliphatic heterocycles. The summed E-state index contributed by atoms with van der Waals surface area (Å²) in [6, 6.07) is 3.79. The molecule has 0 aromatic carbocycles. The summed E-state index contributed by atoms with van der Waals surface area (Å²) in [6.07, 6.45) is 1.65. The van der Waals surface area contributed by atoms with Crippen molar-refractivity contribution in [2.24, 2.45) is 11.8 Å². The van der Waals surface area contributed by atoms with Crippen LogP contribution in [0, 0.1) is 5.92 Å². The molecule has 0 spiro atoms. The van der Waals surface area contributed by atoms with Crippen molar-refractivity contribution in [2.45, 2.75) is 26.2 Å². The third-order valence-corrected chi connectivity index (χ3v) is 3.23. The molecular formula is C11H16N2O2S. The Balaban J connectivity index is 2.64. The maximum Gasteiger partial charge on any atom is 0.244 e. The highest BCUT2D eigenvalue weighted by molar-refractivity contribution is 7.10. The van der Waals surface area contributed by atoms with E-state index < -0.39 is 5.92 Å². The summed E-state index contributed by atoms with van der Waals surface area (Å²) in [5.74, 6) is 4.00. The Morgan fingerprint density at radius 1 is 1.56 bits per heavy atom. The molecule has 0 radical (unpaired) electrons. The van der Waals surface area contributed by atoms with Crippen LogP contribution in [0.3, 0.4) is 0 Å². The van der Waals surface area contributed by atoms with Crippen molar-refractivity contribution in [3.63, 3.8) is 0 Å². The van der Waals surface area contributed by atoms with Crippen molar-refractivity contribution in [1.29, 1.82) is 0 Å². The minimum atomic E-state index is -0.614. The lowest BCUT2D eigenvalue weighted by Crippen LogP contribution is -2.39. The van der Waals surface area contributed by atoms with Crippen molar-refractivity contribution in [2.75, 3.05) is 0 Å². The molecule has 1 amide bonds. The van der Waals surface area contributed by atoms with Gasteiger partial charge in [0.1, 0.15) is 0 Å². The maximum atomic E-state index is 11.9. The van der Waals surface area contributed by atoms with Gasteiger partial charge in [-0.1, -0.05) is 19.4 Å². The third-order valence-electron chi connectivity index (χ3n) is 2.35. The number of hydrogen-bond acceptors (Lipinski definition) is 4. The minimum Gasteiger partial charge on any atom is -0.298 e. The zero-order valence-corrected chi connectivity index (χ0v) is 10.0. The summed E-state index contributed by atoms with van der Waals surface area (Å²) in [7, 11) is 0. The number of carbonyl (C=O) groups excluding carboxylic acids is 2. The Kier molecular flexibility index (Phi) is 5.14. The predicted molar refractivity (Wildman–Crippen MR) is 63.8 cm³/mol. The van der Waals surface area contributed by atoms with E-state index in [2.05, 4.69) is 5.43 Å². The first-order valence-corrected chi connectivity index (χ1v) is 6.12. The largest absolute Gasteiger partial charge is 0.298 e. The van der Waals surface area contributed by atoms with Gasteiger partial charge in [-0.25, -0.2) is 5.84 Å². The number of amides is 1. The number of Topliss-reactive ketones (excluding diaryl/α,β-unsaturated/α-hetero) is 1. The van der Waals surface area contributed by atoms with Gasteiger partial charge in [-0.2, -0.15) is 0 Å². The summed E-state index contributed by atoms with van der Waals surface area (Å²) in [5, 5.41) is 1.92. The fourth-order valence-corrected chi connectivity index (χ4v) is 2.25. The van der Waals surface area contributed by atoms with E-state index in [4.69, 9.17) is 5.84 Å². The molecule has 5 heteroatoms. The maximum absolute atomic E-state index is 11.9. The molecule has 0 bridgehead atoms. The van der Waals surface area contributed by atoms with Crippen LogP contribution in [-0.2, 0) is 16.0 Å². The van der Waals surface area contributed by atoms with E-state index in [-0.39, 0.29) is 11.7 Å². The number of ketones is 1. The van der Waals surface area contributed by atoms with E-state index >= 15 is 0 Å². The van der Waals surface area contributed by atoms with Gasteiger partial charge in [0.05, 0.1) is 5.92 Å². The predicted octanol–water partition coefficient (Wildman–Crippen LogP) is 1.27. The van der Waals surface area contributed by atoms with Gasteiger partial charge in [-0.05, 0) is 17.9 Å². The lowest BCUT2D eigenvalue weighted by atomic mass is 9.95. The molecule has 16 heavy (non-hydrogen) atoms. The van der Waals surface area contributed by atoms with E-state index in [1.54, 1.807) is 0 Å². The second kappa shape index (κ2) is 6.40. The van der Waals surface area contributed by atoms with Crippen LogP contribution in [0.15, 0.2) is 17.5 Å². The molecule has 1 unspecified atom stereocenters. The summed E-state index contributed by atoms with van der Waals surface area (Å²) >= 11 is 1.52. The van der Waals surface area contributed by atoms with Crippen LogP contribution in [0.5, 0.6) is 0 Å². The smallest absolute Gasteiger partial charge is 0.244 e. The van der Waals surface area contributed by atoms with Crippen molar-refractivity contribution < 1.29 is 9.59 Å². The van der Waals surface area contributed by atoms with Crippen LogP contribution >= 0.6 is 11.3 Å². The zero-order chi connectivity index (χ0) is 12.0. The van der Waals surface area contributed by atoms with Gasteiger partial charge in [0.25, 0.3) is 0 Å². The SMILES string of the molecule is CCCC(C(=O)Cc1cccs1)C(=O)NN. The van der Waals surface area contributed by atoms with Crippen LogP contribution in [0.25, 0.3) is 0 Å². The molecule has 4 nitrogen and oxygen atoms in total. The highest BCUT2D eigenvalue weighted by atomic mass is 32.1. The van der Waals surface area contributed by atoms with Gasteiger partial charge in [0.15, 0.2) is 5.78 Å². The second-order valence-electron chi connectivity index (χ2n) is 3.57. The van der Waals surface area contributed by atoms with Gasteiger partial charge >= 0.3 is 0 Å². The summed E-state index contributed by atoms with van der Waals surface area (Å²) in [6.45, 7) is 1.94. The average molecular weight is 240 g/mol. The van der Waals surface area contributed by atoms with Crippen LogP contribution < -0.4 is 11.3 Å². The van der Waals surface area contributed by atoms with Crippen molar-refractivity contribution >= 4 is 23.0 Å². The normalized spacial score (nSPS) is 12.1. The van der Waals surface area contributed by atoms with Crippen molar-refractivity contribution in [1.82, 2.24) is 5.43 Å². The van der Waals surface area contributed by atoms with Crippen molar-refractivity contribution in [3.05, 3.63) is 22.4 Å². The molecule has 3 N–H and O–H groups in total. The van der Waals surface area contributed by atoms with Crippen LogP contribution in [-0.4, -0.2) is 11.7 Å². The Hall–Kier alpha value is -1.20. The van der Waals surface area contributed by atoms with Crippen LogP contribution in [0.4, 0.5) is 0 Å². The lowest BCUT2D eigenvalue weighted by Gasteiger charge is -2.12. The fourth-order valence-electron chi connectivity index (χ4n) is 1.54. The number of hydrogen-bond donors (Lipinski definition) is 2. The molecule has 1 aromatic heterocycles. The number of nitrogens with one attached hydrogen (secondary N) is 1. The standard InChI is InChI=1S/C11H16N2O2S/c1-2-4-9(11(15)13-12)10(14)7-8-5-3-6-16-8/h3,5-6,9H,2,4,7,12H2,1H3,(H,13,15). The molecule has 0 aliphatic carbocycles. The molecule has 1 heterocycles. The molecule has 0 saturated heterocycles. The third kappa shape index (κ3) is 3.43. The van der Waals surface area contributed by atoms with E-state index in [0.29, 0.717) is 12.8 Å².